The maximum absolute atomic E-state index is 13.7. The number of nitrogens with one attached hydrogen (secondary N) is 1. The lowest BCUT2D eigenvalue weighted by Crippen LogP contribution is -2.60. The SMILES string of the molecule is C=C([C@H](C)[C@@]1(C(C)C)NC(=O)N(c2ccccc2)C1=O)[Si](C)(C)c1ccccc1. The standard InChI is InChI=1S/C24H30N2O2Si/c1-17(2)24(18(3)19(4)29(5,6)21-15-11-8-12-16-21)22(27)26(23(28)25-24)20-13-9-7-10-14-20/h7-18H,4H2,1-3,5-6H3,(H,25,28)/t18-,24+/m0/s1. The monoisotopic (exact) mass is 406 g/mol. The molecule has 1 saturated heterocycles. The molecule has 0 aromatic heterocycles. The van der Waals surface area contributed by atoms with Crippen LogP contribution in [0.25, 0.3) is 0 Å². The predicted octanol–water partition coefficient (Wildman–Crippen LogP) is 4.48. The third kappa shape index (κ3) is 3.33. The zero-order valence-corrected chi connectivity index (χ0v) is 18.9. The average Bonchev–Trinajstić information content (AvgIpc) is 2.99. The van der Waals surface area contributed by atoms with Gasteiger partial charge in [0, 0.05) is 5.92 Å². The van der Waals surface area contributed by atoms with E-state index < -0.39 is 13.6 Å². The van der Waals surface area contributed by atoms with Gasteiger partial charge in [0.2, 0.25) is 0 Å². The van der Waals surface area contributed by atoms with Gasteiger partial charge < -0.3 is 5.32 Å². The molecule has 152 valence electrons. The van der Waals surface area contributed by atoms with Gasteiger partial charge >= 0.3 is 6.03 Å². The number of anilines is 1. The molecular weight excluding hydrogens is 376 g/mol. The Morgan fingerprint density at radius 2 is 1.48 bits per heavy atom. The van der Waals surface area contributed by atoms with E-state index in [1.165, 1.54) is 10.1 Å². The first-order valence-corrected chi connectivity index (χ1v) is 13.1. The van der Waals surface area contributed by atoms with Crippen LogP contribution in [0.3, 0.4) is 0 Å². The van der Waals surface area contributed by atoms with Crippen LogP contribution in [0.2, 0.25) is 13.1 Å². The second kappa shape index (κ2) is 7.63. The van der Waals surface area contributed by atoms with Gasteiger partial charge in [-0.05, 0) is 18.1 Å². The fraction of sp³-hybridized carbons (Fsp3) is 0.333. The minimum Gasteiger partial charge on any atom is -0.322 e. The first-order valence-electron chi connectivity index (χ1n) is 10.1. The summed E-state index contributed by atoms with van der Waals surface area (Å²) in [6.07, 6.45) is 0. The van der Waals surface area contributed by atoms with Crippen LogP contribution in [-0.4, -0.2) is 25.6 Å². The van der Waals surface area contributed by atoms with Crippen LogP contribution in [0, 0.1) is 11.8 Å². The van der Waals surface area contributed by atoms with Crippen molar-refractivity contribution in [2.45, 2.75) is 39.4 Å². The molecule has 1 heterocycles. The van der Waals surface area contributed by atoms with E-state index in [9.17, 15) is 9.59 Å². The van der Waals surface area contributed by atoms with Crippen LogP contribution in [-0.2, 0) is 4.79 Å². The van der Waals surface area contributed by atoms with Gasteiger partial charge in [0.1, 0.15) is 13.6 Å². The third-order valence-corrected chi connectivity index (χ3v) is 10.3. The highest BCUT2D eigenvalue weighted by Crippen LogP contribution is 2.40. The van der Waals surface area contributed by atoms with Gasteiger partial charge in [-0.1, -0.05) is 92.8 Å². The molecule has 1 fully saturated rings. The van der Waals surface area contributed by atoms with Crippen LogP contribution >= 0.6 is 0 Å². The highest BCUT2D eigenvalue weighted by atomic mass is 28.3. The van der Waals surface area contributed by atoms with E-state index in [1.807, 2.05) is 57.2 Å². The number of nitrogens with zero attached hydrogens (tertiary/aromatic N) is 1. The highest BCUT2D eigenvalue weighted by molar-refractivity contribution is 6.95. The number of imide groups is 1. The Hall–Kier alpha value is -2.66. The Bertz CT molecular complexity index is 924. The Morgan fingerprint density at radius 3 is 2.00 bits per heavy atom. The van der Waals surface area contributed by atoms with Gasteiger partial charge in [-0.3, -0.25) is 4.79 Å². The summed E-state index contributed by atoms with van der Waals surface area (Å²) in [6, 6.07) is 19.1. The molecule has 0 saturated carbocycles. The zero-order chi connectivity index (χ0) is 21.4. The minimum absolute atomic E-state index is 0.0833. The van der Waals surface area contributed by atoms with Crippen LogP contribution in [0.4, 0.5) is 10.5 Å². The van der Waals surface area contributed by atoms with E-state index in [4.69, 9.17) is 0 Å². The summed E-state index contributed by atoms with van der Waals surface area (Å²) in [4.78, 5) is 27.9. The van der Waals surface area contributed by atoms with Crippen LogP contribution in [0.5, 0.6) is 0 Å². The van der Waals surface area contributed by atoms with Crippen molar-refractivity contribution in [3.05, 3.63) is 72.4 Å². The molecule has 29 heavy (non-hydrogen) atoms. The smallest absolute Gasteiger partial charge is 0.322 e. The summed E-state index contributed by atoms with van der Waals surface area (Å²) < 4.78 is 0. The van der Waals surface area contributed by atoms with Gasteiger partial charge in [-0.25, -0.2) is 9.69 Å². The number of carbonyl (C=O) groups is 2. The van der Waals surface area contributed by atoms with E-state index in [1.54, 1.807) is 12.1 Å². The van der Waals surface area contributed by atoms with Crippen molar-refractivity contribution in [2.24, 2.45) is 11.8 Å². The fourth-order valence-electron chi connectivity index (χ4n) is 4.42. The van der Waals surface area contributed by atoms with Crippen LogP contribution in [0.15, 0.2) is 72.4 Å². The lowest BCUT2D eigenvalue weighted by atomic mass is 9.75. The largest absolute Gasteiger partial charge is 0.329 e. The van der Waals surface area contributed by atoms with E-state index in [2.05, 4.69) is 37.1 Å². The van der Waals surface area contributed by atoms with Crippen molar-refractivity contribution < 1.29 is 9.59 Å². The minimum atomic E-state index is -2.08. The molecule has 1 N–H and O–H groups in total. The molecule has 5 heteroatoms. The third-order valence-electron chi connectivity index (χ3n) is 6.50. The van der Waals surface area contributed by atoms with Crippen molar-refractivity contribution in [1.82, 2.24) is 5.32 Å². The van der Waals surface area contributed by atoms with Gasteiger partial charge in [-0.2, -0.15) is 0 Å². The second-order valence-corrected chi connectivity index (χ2v) is 13.1. The molecule has 0 aliphatic carbocycles. The molecule has 2 aromatic rings. The molecule has 4 nitrogen and oxygen atoms in total. The Labute approximate surface area is 174 Å². The number of para-hydroxylation sites is 1. The lowest BCUT2D eigenvalue weighted by molar-refractivity contribution is -0.125. The summed E-state index contributed by atoms with van der Waals surface area (Å²) in [5, 5.41) is 5.40. The molecule has 0 radical (unpaired) electrons. The first-order chi connectivity index (χ1) is 13.6. The van der Waals surface area contributed by atoms with Gasteiger partial charge in [0.15, 0.2) is 0 Å². The Kier molecular flexibility index (Phi) is 5.54. The Balaban J connectivity index is 2.02. The summed E-state index contributed by atoms with van der Waals surface area (Å²) in [5.74, 6) is -0.482. The van der Waals surface area contributed by atoms with Crippen molar-refractivity contribution in [3.8, 4) is 0 Å². The molecule has 0 unspecified atom stereocenters. The molecule has 2 aromatic carbocycles. The summed E-state index contributed by atoms with van der Waals surface area (Å²) in [6.45, 7) is 15.0. The summed E-state index contributed by atoms with van der Waals surface area (Å²) >= 11 is 0. The molecule has 0 bridgehead atoms. The van der Waals surface area contributed by atoms with Crippen molar-refractivity contribution in [2.75, 3.05) is 4.90 Å². The molecule has 2 atom stereocenters. The van der Waals surface area contributed by atoms with Crippen molar-refractivity contribution in [1.29, 1.82) is 0 Å². The van der Waals surface area contributed by atoms with E-state index >= 15 is 0 Å². The summed E-state index contributed by atoms with van der Waals surface area (Å²) in [7, 11) is -2.08. The fourth-order valence-corrected chi connectivity index (χ4v) is 7.12. The number of urea groups is 1. The van der Waals surface area contributed by atoms with Gasteiger partial charge in [-0.15, -0.1) is 6.58 Å². The normalized spacial score (nSPS) is 20.7. The topological polar surface area (TPSA) is 49.4 Å². The first kappa shape index (κ1) is 21.1. The van der Waals surface area contributed by atoms with Crippen LogP contribution < -0.4 is 15.4 Å². The maximum atomic E-state index is 13.7. The van der Waals surface area contributed by atoms with E-state index in [0.717, 1.165) is 5.20 Å². The van der Waals surface area contributed by atoms with Gasteiger partial charge in [0.05, 0.1) is 5.69 Å². The summed E-state index contributed by atoms with van der Waals surface area (Å²) in [5.41, 5.74) is -0.418. The molecule has 3 amide bonds. The van der Waals surface area contributed by atoms with Gasteiger partial charge in [0.25, 0.3) is 5.91 Å². The van der Waals surface area contributed by atoms with E-state index in [-0.39, 0.29) is 23.8 Å². The number of amides is 3. The molecular formula is C24H30N2O2Si. The quantitative estimate of drug-likeness (QED) is 0.568. The van der Waals surface area contributed by atoms with Crippen LogP contribution in [0.1, 0.15) is 20.8 Å². The second-order valence-electron chi connectivity index (χ2n) is 8.67. The molecule has 1 aliphatic heterocycles. The number of hydrogen-bond donors (Lipinski definition) is 1. The van der Waals surface area contributed by atoms with Crippen molar-refractivity contribution >= 4 is 30.9 Å². The number of benzene rings is 2. The molecule has 1 aliphatic rings. The Morgan fingerprint density at radius 1 is 0.966 bits per heavy atom. The maximum Gasteiger partial charge on any atom is 0.329 e. The number of rotatable bonds is 6. The van der Waals surface area contributed by atoms with Crippen molar-refractivity contribution in [3.63, 3.8) is 0 Å². The molecule has 3 rings (SSSR count). The molecule has 0 spiro atoms. The van der Waals surface area contributed by atoms with E-state index in [0.29, 0.717) is 5.69 Å². The average molecular weight is 407 g/mol. The lowest BCUT2D eigenvalue weighted by Gasteiger charge is -2.41. The predicted molar refractivity (Wildman–Crippen MR) is 122 cm³/mol. The number of carbonyl (C=O) groups excluding carboxylic acids is 2. The zero-order valence-electron chi connectivity index (χ0n) is 17.9. The number of hydrogen-bond acceptors (Lipinski definition) is 2. The highest BCUT2D eigenvalue weighted by Gasteiger charge is 2.58.